The topological polar surface area (TPSA) is 53.4 Å². The Hall–Kier alpha value is -2.09. The van der Waals surface area contributed by atoms with Crippen LogP contribution in [0, 0.1) is 0 Å². The van der Waals surface area contributed by atoms with E-state index in [0.717, 1.165) is 16.7 Å². The van der Waals surface area contributed by atoms with Gasteiger partial charge in [0.25, 0.3) is 0 Å². The fourth-order valence-electron chi connectivity index (χ4n) is 1.79. The number of thiazole rings is 1. The van der Waals surface area contributed by atoms with Crippen LogP contribution < -0.4 is 4.90 Å². The molecule has 0 saturated heterocycles. The van der Waals surface area contributed by atoms with Gasteiger partial charge in [-0.15, -0.1) is 11.3 Å². The van der Waals surface area contributed by atoms with Crippen LogP contribution in [-0.2, 0) is 11.0 Å². The molecule has 1 aromatic heterocycles. The highest BCUT2D eigenvalue weighted by Crippen LogP contribution is 2.34. The number of aromatic nitrogens is 1. The van der Waals surface area contributed by atoms with Crippen molar-refractivity contribution in [2.75, 3.05) is 11.9 Å². The summed E-state index contributed by atoms with van der Waals surface area (Å²) >= 11 is 0.895. The molecule has 0 spiro atoms. The number of carbonyl (C=O) groups is 1. The number of hydrogen-bond donors (Lipinski definition) is 1. The maximum Gasteiger partial charge on any atom is 0.434 e. The number of halogens is 3. The second-order valence-electron chi connectivity index (χ2n) is 4.72. The summed E-state index contributed by atoms with van der Waals surface area (Å²) in [6.07, 6.45) is -4.46. The average Bonchev–Trinajstić information content (AvgIpc) is 2.95. The molecule has 0 aliphatic rings. The second-order valence-corrected chi connectivity index (χ2v) is 5.56. The first-order valence-electron chi connectivity index (χ1n) is 6.29. The molecule has 1 unspecified atom stereocenters. The van der Waals surface area contributed by atoms with Gasteiger partial charge in [0.2, 0.25) is 0 Å². The quantitative estimate of drug-likeness (QED) is 0.916. The van der Waals surface area contributed by atoms with Crippen molar-refractivity contribution >= 4 is 28.1 Å². The minimum atomic E-state index is -4.46. The lowest BCUT2D eigenvalue weighted by Gasteiger charge is -2.17. The van der Waals surface area contributed by atoms with E-state index in [2.05, 4.69) is 4.98 Å². The first-order chi connectivity index (χ1) is 10.2. The summed E-state index contributed by atoms with van der Waals surface area (Å²) in [4.78, 5) is 16.0. The van der Waals surface area contributed by atoms with Gasteiger partial charge in [0, 0.05) is 18.1 Å². The molecule has 1 N–H and O–H groups in total. The van der Waals surface area contributed by atoms with E-state index in [-0.39, 0.29) is 5.13 Å². The van der Waals surface area contributed by atoms with Crippen molar-refractivity contribution in [3.8, 4) is 0 Å². The highest BCUT2D eigenvalue weighted by atomic mass is 32.1. The largest absolute Gasteiger partial charge is 0.481 e. The van der Waals surface area contributed by atoms with Crippen LogP contribution in [0.2, 0.25) is 0 Å². The van der Waals surface area contributed by atoms with Crippen molar-refractivity contribution in [1.29, 1.82) is 0 Å². The van der Waals surface area contributed by atoms with Gasteiger partial charge in [0.1, 0.15) is 0 Å². The van der Waals surface area contributed by atoms with E-state index >= 15 is 0 Å². The van der Waals surface area contributed by atoms with E-state index in [1.807, 2.05) is 0 Å². The van der Waals surface area contributed by atoms with Crippen molar-refractivity contribution < 1.29 is 23.1 Å². The fourth-order valence-corrected chi connectivity index (χ4v) is 2.61. The second kappa shape index (κ2) is 5.96. The van der Waals surface area contributed by atoms with E-state index in [0.29, 0.717) is 11.3 Å². The maximum absolute atomic E-state index is 12.6. The zero-order chi connectivity index (χ0) is 16.5. The maximum atomic E-state index is 12.6. The van der Waals surface area contributed by atoms with Crippen LogP contribution in [0.25, 0.3) is 0 Å². The van der Waals surface area contributed by atoms with Gasteiger partial charge in [-0.1, -0.05) is 12.1 Å². The predicted octanol–water partition coefficient (Wildman–Crippen LogP) is 4.12. The number of carboxylic acids is 1. The summed E-state index contributed by atoms with van der Waals surface area (Å²) in [5.74, 6) is -1.58. The number of carboxylic acid groups (broad SMARTS) is 1. The summed E-state index contributed by atoms with van der Waals surface area (Å²) in [5.41, 5.74) is 0.333. The number of benzene rings is 1. The van der Waals surface area contributed by atoms with Gasteiger partial charge in [0.05, 0.1) is 5.92 Å². The van der Waals surface area contributed by atoms with E-state index in [1.165, 1.54) is 4.90 Å². The van der Waals surface area contributed by atoms with Gasteiger partial charge < -0.3 is 10.0 Å². The molecule has 0 aliphatic carbocycles. The smallest absolute Gasteiger partial charge is 0.434 e. The Morgan fingerprint density at radius 3 is 2.36 bits per heavy atom. The molecule has 0 radical (unpaired) electrons. The third-order valence-corrected chi connectivity index (χ3v) is 4.14. The van der Waals surface area contributed by atoms with Crippen molar-refractivity contribution in [2.24, 2.45) is 0 Å². The Labute approximate surface area is 128 Å². The monoisotopic (exact) mass is 330 g/mol. The van der Waals surface area contributed by atoms with E-state index in [9.17, 15) is 18.0 Å². The Morgan fingerprint density at radius 1 is 1.32 bits per heavy atom. The van der Waals surface area contributed by atoms with Gasteiger partial charge in [-0.05, 0) is 24.6 Å². The Kier molecular flexibility index (Phi) is 4.41. The van der Waals surface area contributed by atoms with Crippen LogP contribution >= 0.6 is 11.3 Å². The van der Waals surface area contributed by atoms with Gasteiger partial charge >= 0.3 is 12.1 Å². The molecule has 0 aliphatic heterocycles. The molecular weight excluding hydrogens is 317 g/mol. The Morgan fingerprint density at radius 2 is 1.91 bits per heavy atom. The van der Waals surface area contributed by atoms with Crippen LogP contribution in [0.15, 0.2) is 29.6 Å². The minimum absolute atomic E-state index is 0.214. The zero-order valence-corrected chi connectivity index (χ0v) is 12.6. The molecule has 1 heterocycles. The molecule has 1 aromatic carbocycles. The molecule has 8 heteroatoms. The highest BCUT2D eigenvalue weighted by molar-refractivity contribution is 7.13. The summed E-state index contributed by atoms with van der Waals surface area (Å²) in [7, 11) is 1.61. The summed E-state index contributed by atoms with van der Waals surface area (Å²) in [6, 6.07) is 6.60. The molecule has 1 atom stereocenters. The third-order valence-electron chi connectivity index (χ3n) is 3.22. The van der Waals surface area contributed by atoms with Gasteiger partial charge in [-0.3, -0.25) is 4.79 Å². The van der Waals surface area contributed by atoms with Crippen molar-refractivity contribution in [3.63, 3.8) is 0 Å². The molecule has 2 aromatic rings. The number of nitrogens with zero attached hydrogens (tertiary/aromatic N) is 2. The van der Waals surface area contributed by atoms with Gasteiger partial charge in [-0.25, -0.2) is 4.98 Å². The first-order valence-corrected chi connectivity index (χ1v) is 7.17. The molecule has 22 heavy (non-hydrogen) atoms. The van der Waals surface area contributed by atoms with Crippen molar-refractivity contribution in [2.45, 2.75) is 19.0 Å². The normalized spacial score (nSPS) is 13.0. The summed E-state index contributed by atoms with van der Waals surface area (Å²) in [6.45, 7) is 1.57. The molecule has 4 nitrogen and oxygen atoms in total. The van der Waals surface area contributed by atoms with E-state index in [4.69, 9.17) is 5.11 Å². The molecule has 118 valence electrons. The molecule has 0 fully saturated rings. The average molecular weight is 330 g/mol. The highest BCUT2D eigenvalue weighted by Gasteiger charge is 2.34. The lowest BCUT2D eigenvalue weighted by molar-refractivity contribution is -0.140. The zero-order valence-electron chi connectivity index (χ0n) is 11.8. The predicted molar refractivity (Wildman–Crippen MR) is 77.7 cm³/mol. The van der Waals surface area contributed by atoms with Crippen LogP contribution in [0.3, 0.4) is 0 Å². The first kappa shape index (κ1) is 16.3. The van der Waals surface area contributed by atoms with Crippen molar-refractivity contribution in [3.05, 3.63) is 40.9 Å². The lowest BCUT2D eigenvalue weighted by atomic mass is 10.0. The summed E-state index contributed by atoms with van der Waals surface area (Å²) < 4.78 is 37.7. The van der Waals surface area contributed by atoms with Gasteiger partial charge in [-0.2, -0.15) is 13.2 Å². The molecule has 0 amide bonds. The molecule has 0 bridgehead atoms. The third kappa shape index (κ3) is 3.38. The minimum Gasteiger partial charge on any atom is -0.481 e. The lowest BCUT2D eigenvalue weighted by Crippen LogP contribution is -2.12. The fraction of sp³-hybridized carbons (Fsp3) is 0.286. The van der Waals surface area contributed by atoms with Crippen LogP contribution in [0.5, 0.6) is 0 Å². The summed E-state index contributed by atoms with van der Waals surface area (Å²) in [5, 5.41) is 10.1. The number of hydrogen-bond acceptors (Lipinski definition) is 4. The van der Waals surface area contributed by atoms with E-state index < -0.39 is 23.8 Å². The van der Waals surface area contributed by atoms with Crippen molar-refractivity contribution in [1.82, 2.24) is 4.98 Å². The van der Waals surface area contributed by atoms with Gasteiger partial charge in [0.15, 0.2) is 10.8 Å². The standard InChI is InChI=1S/C14H13F3N2O2S/c1-8(12(20)21)9-3-5-10(6-4-9)19(2)13-18-11(7-22-13)14(15,16)17/h3-8H,1-2H3,(H,20,21). The number of anilines is 2. The molecular formula is C14H13F3N2O2S. The Bertz CT molecular complexity index is 667. The number of alkyl halides is 3. The Balaban J connectivity index is 2.21. The van der Waals surface area contributed by atoms with Crippen LogP contribution in [0.1, 0.15) is 24.1 Å². The molecule has 0 saturated carbocycles. The SMILES string of the molecule is CC(C(=O)O)c1ccc(N(C)c2nc(C(F)(F)F)cs2)cc1. The number of rotatable bonds is 4. The molecule has 2 rings (SSSR count). The number of aliphatic carboxylic acids is 1. The van der Waals surface area contributed by atoms with E-state index in [1.54, 1.807) is 38.2 Å². The van der Waals surface area contributed by atoms with Crippen LogP contribution in [0.4, 0.5) is 24.0 Å². The van der Waals surface area contributed by atoms with Crippen LogP contribution in [-0.4, -0.2) is 23.1 Å².